The second-order valence-electron chi connectivity index (χ2n) is 7.62. The van der Waals surface area contributed by atoms with Crippen LogP contribution in [-0.2, 0) is 26.5 Å². The molecule has 0 amide bonds. The first-order valence-corrected chi connectivity index (χ1v) is 9.46. The van der Waals surface area contributed by atoms with Gasteiger partial charge in [0.15, 0.2) is 0 Å². The van der Waals surface area contributed by atoms with Gasteiger partial charge in [-0.15, -0.1) is 0 Å². The van der Waals surface area contributed by atoms with Crippen LogP contribution < -0.4 is 0 Å². The Morgan fingerprint density at radius 1 is 1.14 bits per heavy atom. The summed E-state index contributed by atoms with van der Waals surface area (Å²) in [7, 11) is 0. The quantitative estimate of drug-likeness (QED) is 0.340. The van der Waals surface area contributed by atoms with Crippen LogP contribution in [0.2, 0.25) is 0 Å². The molecule has 0 saturated carbocycles. The van der Waals surface area contributed by atoms with Crippen LogP contribution in [0, 0.1) is 19.6 Å². The molecule has 3 nitrogen and oxygen atoms in total. The molecule has 3 rings (SSSR count). The van der Waals surface area contributed by atoms with Crippen molar-refractivity contribution in [2.45, 2.75) is 52.9 Å². The summed E-state index contributed by atoms with van der Waals surface area (Å²) >= 11 is 0. The van der Waals surface area contributed by atoms with Crippen molar-refractivity contribution in [3.63, 3.8) is 0 Å². The van der Waals surface area contributed by atoms with E-state index in [1.165, 1.54) is 16.8 Å². The molecular formula is C24H26IrN3-. The molecule has 2 aromatic carbocycles. The number of para-hydroxylation sites is 1. The average molecular weight is 549 g/mol. The fourth-order valence-electron chi connectivity index (χ4n) is 3.45. The van der Waals surface area contributed by atoms with Crippen LogP contribution in [0.3, 0.4) is 0 Å². The van der Waals surface area contributed by atoms with Crippen LogP contribution in [0.15, 0.2) is 42.7 Å². The summed E-state index contributed by atoms with van der Waals surface area (Å²) in [6.45, 7) is 18.2. The van der Waals surface area contributed by atoms with Gasteiger partial charge < -0.3 is 4.57 Å². The number of imidazole rings is 1. The molecule has 0 unspecified atom stereocenters. The molecule has 0 N–H and O–H groups in total. The molecule has 3 aromatic rings. The molecule has 1 radical (unpaired) electrons. The predicted molar refractivity (Wildman–Crippen MR) is 111 cm³/mol. The second kappa shape index (κ2) is 9.32. The largest absolute Gasteiger partial charge is 0.303 e. The van der Waals surface area contributed by atoms with Crippen molar-refractivity contribution in [2.24, 2.45) is 0 Å². The number of benzene rings is 2. The Balaban J connectivity index is 0.00000280. The number of rotatable bonds is 5. The van der Waals surface area contributed by atoms with Crippen molar-refractivity contribution in [3.05, 3.63) is 88.3 Å². The monoisotopic (exact) mass is 549 g/mol. The molecular weight excluding hydrogens is 523 g/mol. The van der Waals surface area contributed by atoms with Crippen LogP contribution in [0.4, 0.5) is 5.69 Å². The van der Waals surface area contributed by atoms with E-state index in [1.54, 1.807) is 0 Å². The minimum absolute atomic E-state index is 0. The maximum absolute atomic E-state index is 7.35. The minimum Gasteiger partial charge on any atom is -0.303 e. The van der Waals surface area contributed by atoms with E-state index in [1.807, 2.05) is 31.5 Å². The van der Waals surface area contributed by atoms with E-state index in [2.05, 4.69) is 66.4 Å². The Morgan fingerprint density at radius 2 is 1.79 bits per heavy atom. The molecule has 0 bridgehead atoms. The van der Waals surface area contributed by atoms with Gasteiger partial charge in [0.25, 0.3) is 0 Å². The summed E-state index contributed by atoms with van der Waals surface area (Å²) in [5, 5.41) is 0. The predicted octanol–water partition coefficient (Wildman–Crippen LogP) is 6.37. The third-order valence-corrected chi connectivity index (χ3v) is 4.96. The Hall–Kier alpha value is -2.21. The van der Waals surface area contributed by atoms with Gasteiger partial charge in [-0.2, -0.15) is 29.3 Å². The molecule has 0 aliphatic rings. The van der Waals surface area contributed by atoms with E-state index in [-0.39, 0.29) is 20.1 Å². The number of hydrogen-bond acceptors (Lipinski definition) is 1. The smallest absolute Gasteiger partial charge is 0.115 e. The van der Waals surface area contributed by atoms with E-state index in [4.69, 9.17) is 6.57 Å². The van der Waals surface area contributed by atoms with Crippen LogP contribution in [0.25, 0.3) is 10.5 Å². The summed E-state index contributed by atoms with van der Waals surface area (Å²) in [5.41, 5.74) is 6.54. The Bertz CT molecular complexity index is 967. The van der Waals surface area contributed by atoms with Crippen molar-refractivity contribution >= 4 is 5.69 Å². The van der Waals surface area contributed by atoms with Gasteiger partial charge in [0.2, 0.25) is 0 Å². The molecule has 0 spiro atoms. The molecule has 0 fully saturated rings. The molecule has 28 heavy (non-hydrogen) atoms. The van der Waals surface area contributed by atoms with Gasteiger partial charge in [-0.1, -0.05) is 52.8 Å². The van der Waals surface area contributed by atoms with Gasteiger partial charge in [-0.3, -0.25) is 4.85 Å². The van der Waals surface area contributed by atoms with E-state index < -0.39 is 0 Å². The summed E-state index contributed by atoms with van der Waals surface area (Å²) in [5.74, 6) is 1.82. The third kappa shape index (κ3) is 4.43. The van der Waals surface area contributed by atoms with Gasteiger partial charge in [0, 0.05) is 38.9 Å². The van der Waals surface area contributed by atoms with Gasteiger partial charge in [0.05, 0.1) is 17.9 Å². The van der Waals surface area contributed by atoms with Gasteiger partial charge in [-0.25, -0.2) is 4.98 Å². The maximum atomic E-state index is 7.35. The number of aryl methyl sites for hydroxylation is 1. The van der Waals surface area contributed by atoms with Gasteiger partial charge in [-0.05, 0) is 23.0 Å². The number of nitrogens with zero attached hydrogens (tertiary/aromatic N) is 3. The molecule has 4 heteroatoms. The van der Waals surface area contributed by atoms with Gasteiger partial charge >= 0.3 is 0 Å². The van der Waals surface area contributed by atoms with Crippen LogP contribution in [0.5, 0.6) is 0 Å². The molecule has 0 aliphatic heterocycles. The van der Waals surface area contributed by atoms with Gasteiger partial charge in [0.1, 0.15) is 5.82 Å². The molecule has 147 valence electrons. The average Bonchev–Trinajstić information content (AvgIpc) is 3.10. The zero-order valence-corrected chi connectivity index (χ0v) is 19.5. The molecule has 1 aromatic heterocycles. The SMILES string of the molecule is [C-]#[N+]c1cc(Cc2nccn2-c2c(C(C)C)cccc2C(C)C)[c-]cc1C.[Ir]. The first kappa shape index (κ1) is 22.1. The van der Waals surface area contributed by atoms with Crippen LogP contribution in [-0.4, -0.2) is 9.55 Å². The first-order chi connectivity index (χ1) is 12.9. The fraction of sp³-hybridized carbons (Fsp3) is 0.333. The third-order valence-electron chi connectivity index (χ3n) is 4.96. The summed E-state index contributed by atoms with van der Waals surface area (Å²) < 4.78 is 2.22. The van der Waals surface area contributed by atoms with Crippen molar-refractivity contribution in [3.8, 4) is 5.69 Å². The Labute approximate surface area is 182 Å². The molecule has 1 heterocycles. The summed E-state index contributed by atoms with van der Waals surface area (Å²) in [4.78, 5) is 8.25. The maximum Gasteiger partial charge on any atom is 0.115 e. The number of hydrogen-bond donors (Lipinski definition) is 0. The van der Waals surface area contributed by atoms with Crippen molar-refractivity contribution < 1.29 is 20.1 Å². The molecule has 0 atom stereocenters. The number of aromatic nitrogens is 2. The minimum atomic E-state index is 0. The topological polar surface area (TPSA) is 22.2 Å². The molecule has 0 aliphatic carbocycles. The molecule has 0 saturated heterocycles. The summed E-state index contributed by atoms with van der Waals surface area (Å²) in [6.07, 6.45) is 4.56. The zero-order chi connectivity index (χ0) is 19.6. The van der Waals surface area contributed by atoms with E-state index in [0.717, 1.165) is 17.0 Å². The van der Waals surface area contributed by atoms with Crippen molar-refractivity contribution in [1.29, 1.82) is 0 Å². The standard InChI is InChI=1S/C24H26N3.Ir/c1-16(2)20-8-7-9-21(17(3)4)24(20)27-13-12-26-23(27)15-19-11-10-18(5)22(14-19)25-6;/h7-10,12-14,16-17H,15H2,1-5H3;/q-1;. The fourth-order valence-corrected chi connectivity index (χ4v) is 3.45. The van der Waals surface area contributed by atoms with Crippen LogP contribution in [0.1, 0.15) is 67.6 Å². The van der Waals surface area contributed by atoms with Crippen molar-refractivity contribution in [2.75, 3.05) is 0 Å². The van der Waals surface area contributed by atoms with E-state index in [9.17, 15) is 0 Å². The van der Waals surface area contributed by atoms with E-state index >= 15 is 0 Å². The van der Waals surface area contributed by atoms with Crippen LogP contribution >= 0.6 is 0 Å². The van der Waals surface area contributed by atoms with E-state index in [0.29, 0.717) is 23.9 Å². The summed E-state index contributed by atoms with van der Waals surface area (Å²) in [6, 6.07) is 13.7. The normalized spacial score (nSPS) is 10.8. The van der Waals surface area contributed by atoms with Crippen molar-refractivity contribution in [1.82, 2.24) is 9.55 Å². The Kier molecular flexibility index (Phi) is 7.35. The Morgan fingerprint density at radius 3 is 2.36 bits per heavy atom. The zero-order valence-electron chi connectivity index (χ0n) is 17.1. The second-order valence-corrected chi connectivity index (χ2v) is 7.62. The first-order valence-electron chi connectivity index (χ1n) is 9.46.